The van der Waals surface area contributed by atoms with E-state index in [-0.39, 0.29) is 23.7 Å². The predicted octanol–water partition coefficient (Wildman–Crippen LogP) is 2.81. The maximum absolute atomic E-state index is 15.1. The minimum Gasteiger partial charge on any atom is -0.507 e. The number of aromatic hydroxyl groups is 1. The molecule has 0 amide bonds. The van der Waals surface area contributed by atoms with Gasteiger partial charge in [0.25, 0.3) is 5.56 Å². The minimum atomic E-state index is -1.00. The summed E-state index contributed by atoms with van der Waals surface area (Å²) in [6.45, 7) is 0. The predicted molar refractivity (Wildman–Crippen MR) is 124 cm³/mol. The van der Waals surface area contributed by atoms with E-state index in [4.69, 9.17) is 0 Å². The summed E-state index contributed by atoms with van der Waals surface area (Å²) in [5.74, 6) is -0.138. The van der Waals surface area contributed by atoms with E-state index in [0.29, 0.717) is 35.0 Å². The third-order valence-corrected chi connectivity index (χ3v) is 6.98. The van der Waals surface area contributed by atoms with Crippen LogP contribution < -0.4 is 15.8 Å². The summed E-state index contributed by atoms with van der Waals surface area (Å²) in [4.78, 5) is 18.0. The smallest absolute Gasteiger partial charge is 0.253 e. The molecule has 2 fully saturated rings. The average Bonchev–Trinajstić information content (AvgIpc) is 2.84. The number of phenols is 1. The molecule has 1 aromatic carbocycles. The minimum absolute atomic E-state index is 0.128. The molecule has 3 aromatic rings. The van der Waals surface area contributed by atoms with Crippen molar-refractivity contribution in [3.63, 3.8) is 0 Å². The van der Waals surface area contributed by atoms with E-state index in [1.807, 2.05) is 0 Å². The fraction of sp³-hybridized carbons (Fsp3) is 0.417. The van der Waals surface area contributed by atoms with Crippen LogP contribution in [0.25, 0.3) is 22.5 Å². The van der Waals surface area contributed by atoms with Gasteiger partial charge in [-0.05, 0) is 48.6 Å². The molecular weight excluding hydrogens is 442 g/mol. The molecule has 0 radical (unpaired) electrons. The number of halogens is 2. The highest BCUT2D eigenvalue weighted by Gasteiger charge is 2.42. The SMILES string of the molecule is CN(c1cnc(-c2ccc(-c3cc(F)n(C)c(=O)c3)cc2O)nn1)[C@H]1C[C@H]2CCC[C@H](N2)[C@H]1F. The van der Waals surface area contributed by atoms with Crippen LogP contribution in [-0.2, 0) is 7.05 Å². The zero-order valence-corrected chi connectivity index (χ0v) is 18.9. The number of nitrogens with zero attached hydrogens (tertiary/aromatic N) is 5. The van der Waals surface area contributed by atoms with Crippen molar-refractivity contribution in [1.82, 2.24) is 25.1 Å². The van der Waals surface area contributed by atoms with Crippen LogP contribution in [0.4, 0.5) is 14.6 Å². The maximum atomic E-state index is 15.1. The van der Waals surface area contributed by atoms with E-state index in [9.17, 15) is 14.3 Å². The van der Waals surface area contributed by atoms with Crippen LogP contribution in [0.2, 0.25) is 0 Å². The highest BCUT2D eigenvalue weighted by atomic mass is 19.1. The fourth-order valence-corrected chi connectivity index (χ4v) is 4.94. The van der Waals surface area contributed by atoms with Crippen molar-refractivity contribution in [2.45, 2.75) is 50.0 Å². The second kappa shape index (κ2) is 8.75. The van der Waals surface area contributed by atoms with Gasteiger partial charge in [0, 0.05) is 32.2 Å². The Labute approximate surface area is 195 Å². The monoisotopic (exact) mass is 468 g/mol. The lowest BCUT2D eigenvalue weighted by Crippen LogP contribution is -2.61. The molecule has 2 aliphatic heterocycles. The average molecular weight is 469 g/mol. The Morgan fingerprint density at radius 1 is 1.18 bits per heavy atom. The van der Waals surface area contributed by atoms with Crippen molar-refractivity contribution in [3.05, 3.63) is 52.8 Å². The van der Waals surface area contributed by atoms with E-state index in [2.05, 4.69) is 20.5 Å². The molecule has 2 saturated heterocycles. The van der Waals surface area contributed by atoms with Crippen LogP contribution >= 0.6 is 0 Å². The molecule has 0 unspecified atom stereocenters. The van der Waals surface area contributed by atoms with Crippen molar-refractivity contribution >= 4 is 5.82 Å². The summed E-state index contributed by atoms with van der Waals surface area (Å²) in [5.41, 5.74) is 0.687. The van der Waals surface area contributed by atoms with Crippen molar-refractivity contribution in [2.24, 2.45) is 7.05 Å². The topological polar surface area (TPSA) is 96.2 Å². The summed E-state index contributed by atoms with van der Waals surface area (Å²) in [6.07, 6.45) is 4.16. The van der Waals surface area contributed by atoms with E-state index in [1.54, 1.807) is 24.1 Å². The van der Waals surface area contributed by atoms with Crippen molar-refractivity contribution < 1.29 is 13.9 Å². The summed E-state index contributed by atoms with van der Waals surface area (Å²) < 4.78 is 29.9. The lowest BCUT2D eigenvalue weighted by Gasteiger charge is -2.45. The molecule has 178 valence electrons. The molecule has 34 heavy (non-hydrogen) atoms. The molecule has 5 rings (SSSR count). The van der Waals surface area contributed by atoms with Gasteiger partial charge >= 0.3 is 0 Å². The number of rotatable bonds is 4. The van der Waals surface area contributed by atoms with Gasteiger partial charge in [0.1, 0.15) is 11.9 Å². The second-order valence-electron chi connectivity index (χ2n) is 9.10. The Bertz CT molecular complexity index is 1270. The van der Waals surface area contributed by atoms with Gasteiger partial charge in [0.2, 0.25) is 0 Å². The van der Waals surface area contributed by atoms with Gasteiger partial charge in [-0.25, -0.2) is 9.37 Å². The number of benzene rings is 1. The molecule has 2 bridgehead atoms. The van der Waals surface area contributed by atoms with E-state index in [0.717, 1.165) is 23.8 Å². The second-order valence-corrected chi connectivity index (χ2v) is 9.10. The van der Waals surface area contributed by atoms with Gasteiger partial charge in [-0.1, -0.05) is 12.5 Å². The Morgan fingerprint density at radius 2 is 2.00 bits per heavy atom. The highest BCUT2D eigenvalue weighted by Crippen LogP contribution is 2.33. The highest BCUT2D eigenvalue weighted by molar-refractivity contribution is 5.72. The van der Waals surface area contributed by atoms with Crippen LogP contribution in [0.1, 0.15) is 25.7 Å². The largest absolute Gasteiger partial charge is 0.507 e. The quantitative estimate of drug-likeness (QED) is 0.569. The molecule has 4 heterocycles. The Morgan fingerprint density at radius 3 is 2.71 bits per heavy atom. The van der Waals surface area contributed by atoms with Crippen LogP contribution in [-0.4, -0.2) is 56.2 Å². The van der Waals surface area contributed by atoms with E-state index < -0.39 is 17.7 Å². The number of nitrogens with one attached hydrogen (secondary N) is 1. The lowest BCUT2D eigenvalue weighted by atomic mass is 9.82. The van der Waals surface area contributed by atoms with Crippen molar-refractivity contribution in [2.75, 3.05) is 11.9 Å². The number of hydrogen-bond donors (Lipinski definition) is 2. The molecule has 2 aromatic heterocycles. The van der Waals surface area contributed by atoms with Gasteiger partial charge in [-0.2, -0.15) is 4.39 Å². The summed E-state index contributed by atoms with van der Waals surface area (Å²) in [6, 6.07) is 7.07. The number of aromatic nitrogens is 4. The van der Waals surface area contributed by atoms with E-state index in [1.165, 1.54) is 31.4 Å². The summed E-state index contributed by atoms with van der Waals surface area (Å²) in [7, 11) is 3.15. The van der Waals surface area contributed by atoms with Gasteiger partial charge in [-0.3, -0.25) is 9.36 Å². The van der Waals surface area contributed by atoms with E-state index >= 15 is 4.39 Å². The van der Waals surface area contributed by atoms with Gasteiger partial charge in [0.05, 0.1) is 17.8 Å². The molecule has 0 aliphatic carbocycles. The third-order valence-electron chi connectivity index (χ3n) is 6.98. The first kappa shape index (κ1) is 22.4. The molecule has 2 N–H and O–H groups in total. The van der Waals surface area contributed by atoms with Gasteiger partial charge in [-0.15, -0.1) is 10.2 Å². The lowest BCUT2D eigenvalue weighted by molar-refractivity contribution is 0.107. The number of phenolic OH excluding ortho intramolecular Hbond substituents is 1. The molecule has 0 saturated carbocycles. The first-order chi connectivity index (χ1) is 16.3. The third kappa shape index (κ3) is 4.02. The Hall–Kier alpha value is -3.40. The van der Waals surface area contributed by atoms with Crippen molar-refractivity contribution in [1.29, 1.82) is 0 Å². The standard InChI is InChI=1S/C24H26F2N6O2/c1-31(18-11-15-4-3-5-17(28-15)23(18)26)21-12-27-24(30-29-21)16-7-6-13(8-19(16)33)14-9-20(25)32(2)22(34)10-14/h6-10,12,15,17-18,23,28,33H,3-5,11H2,1-2H3/t15-,17+,18+,23-/m1/s1. The van der Waals surface area contributed by atoms with Gasteiger partial charge < -0.3 is 15.3 Å². The molecular formula is C24H26F2N6O2. The van der Waals surface area contributed by atoms with Crippen LogP contribution in [0.3, 0.4) is 0 Å². The number of alkyl halides is 1. The zero-order valence-electron chi connectivity index (χ0n) is 18.9. The Balaban J connectivity index is 1.37. The number of anilines is 1. The number of pyridine rings is 1. The van der Waals surface area contributed by atoms with Gasteiger partial charge in [0.15, 0.2) is 17.6 Å². The number of hydrogen-bond acceptors (Lipinski definition) is 7. The first-order valence-electron chi connectivity index (χ1n) is 11.3. The zero-order chi connectivity index (χ0) is 24.0. The fourth-order valence-electron chi connectivity index (χ4n) is 4.94. The van der Waals surface area contributed by atoms with Crippen LogP contribution in [0.15, 0.2) is 41.3 Å². The summed E-state index contributed by atoms with van der Waals surface area (Å²) in [5, 5.41) is 22.3. The number of fused-ring (bicyclic) bond motifs is 2. The molecule has 8 nitrogen and oxygen atoms in total. The van der Waals surface area contributed by atoms with Crippen LogP contribution in [0.5, 0.6) is 5.75 Å². The first-order valence-corrected chi connectivity index (χ1v) is 11.3. The Kier molecular flexibility index (Phi) is 5.76. The molecule has 2 aliphatic rings. The normalized spacial score (nSPS) is 24.1. The number of piperidine rings is 2. The molecule has 10 heteroatoms. The molecule has 0 spiro atoms. The van der Waals surface area contributed by atoms with Crippen molar-refractivity contribution in [3.8, 4) is 28.3 Å². The maximum Gasteiger partial charge on any atom is 0.253 e. The van der Waals surface area contributed by atoms with Crippen LogP contribution in [0, 0.1) is 5.95 Å². The summed E-state index contributed by atoms with van der Waals surface area (Å²) >= 11 is 0. The molecule has 4 atom stereocenters.